The van der Waals surface area contributed by atoms with Gasteiger partial charge in [0, 0.05) is 31.1 Å². The van der Waals surface area contributed by atoms with Crippen LogP contribution >= 0.6 is 0 Å². The molecule has 106 valence electrons. The van der Waals surface area contributed by atoms with Gasteiger partial charge in [-0.25, -0.2) is 0 Å². The number of hydrogen-bond acceptors (Lipinski definition) is 3. The second-order valence-electron chi connectivity index (χ2n) is 5.97. The molecular formula is C17H22N2O. The Labute approximate surface area is 120 Å². The van der Waals surface area contributed by atoms with Crippen molar-refractivity contribution in [2.45, 2.75) is 25.5 Å². The van der Waals surface area contributed by atoms with E-state index in [-0.39, 0.29) is 6.10 Å². The van der Waals surface area contributed by atoms with Crippen molar-refractivity contribution in [3.63, 3.8) is 0 Å². The van der Waals surface area contributed by atoms with Gasteiger partial charge in [0.1, 0.15) is 0 Å². The molecule has 1 heterocycles. The summed E-state index contributed by atoms with van der Waals surface area (Å²) in [6.07, 6.45) is 2.12. The Morgan fingerprint density at radius 3 is 2.70 bits per heavy atom. The first-order valence-electron chi connectivity index (χ1n) is 7.44. The topological polar surface area (TPSA) is 49.5 Å². The zero-order valence-electron chi connectivity index (χ0n) is 11.8. The van der Waals surface area contributed by atoms with Crippen molar-refractivity contribution in [2.24, 2.45) is 17.6 Å². The van der Waals surface area contributed by atoms with Gasteiger partial charge in [0.25, 0.3) is 0 Å². The summed E-state index contributed by atoms with van der Waals surface area (Å²) >= 11 is 0. The molecule has 1 aromatic rings. The molecule has 1 aliphatic carbocycles. The second kappa shape index (κ2) is 5.97. The van der Waals surface area contributed by atoms with Crippen LogP contribution in [0.4, 0.5) is 0 Å². The molecule has 3 N–H and O–H groups in total. The third-order valence-electron chi connectivity index (χ3n) is 4.59. The van der Waals surface area contributed by atoms with Gasteiger partial charge in [0.05, 0.1) is 12.6 Å². The molecule has 1 aromatic carbocycles. The second-order valence-corrected chi connectivity index (χ2v) is 5.97. The average molecular weight is 270 g/mol. The number of hydrogen-bond donors (Lipinski definition) is 2. The number of benzene rings is 1. The fraction of sp³-hybridized carbons (Fsp3) is 0.529. The minimum atomic E-state index is -0.0705. The molecule has 0 spiro atoms. The number of nitrogens with zero attached hydrogens (tertiary/aromatic N) is 1. The zero-order valence-corrected chi connectivity index (χ0v) is 11.8. The van der Waals surface area contributed by atoms with Gasteiger partial charge in [-0.2, -0.15) is 0 Å². The van der Waals surface area contributed by atoms with Crippen LogP contribution in [-0.4, -0.2) is 35.7 Å². The molecule has 0 bridgehead atoms. The highest BCUT2D eigenvalue weighted by Gasteiger charge is 2.41. The largest absolute Gasteiger partial charge is 0.393 e. The fourth-order valence-electron chi connectivity index (χ4n) is 3.56. The molecule has 0 amide bonds. The molecule has 0 radical (unpaired) electrons. The Morgan fingerprint density at radius 1 is 1.20 bits per heavy atom. The quantitative estimate of drug-likeness (QED) is 0.794. The number of aliphatic hydroxyl groups excluding tert-OH is 1. The van der Waals surface area contributed by atoms with Crippen molar-refractivity contribution < 1.29 is 5.11 Å². The monoisotopic (exact) mass is 270 g/mol. The molecule has 2 fully saturated rings. The highest BCUT2D eigenvalue weighted by atomic mass is 16.3. The van der Waals surface area contributed by atoms with E-state index < -0.39 is 0 Å². The summed E-state index contributed by atoms with van der Waals surface area (Å²) in [7, 11) is 0. The molecule has 1 saturated heterocycles. The van der Waals surface area contributed by atoms with Crippen LogP contribution in [0.25, 0.3) is 0 Å². The molecule has 1 saturated carbocycles. The van der Waals surface area contributed by atoms with Crippen LogP contribution in [0.1, 0.15) is 24.0 Å². The number of aliphatic hydroxyl groups is 1. The Bertz CT molecular complexity index is 514. The smallest absolute Gasteiger partial charge is 0.0583 e. The molecule has 3 nitrogen and oxygen atoms in total. The van der Waals surface area contributed by atoms with Crippen LogP contribution < -0.4 is 5.73 Å². The van der Waals surface area contributed by atoms with Crippen molar-refractivity contribution in [3.8, 4) is 11.8 Å². The zero-order chi connectivity index (χ0) is 13.9. The lowest BCUT2D eigenvalue weighted by Gasteiger charge is -2.18. The summed E-state index contributed by atoms with van der Waals surface area (Å²) in [4.78, 5) is 2.47. The van der Waals surface area contributed by atoms with Crippen molar-refractivity contribution in [2.75, 3.05) is 19.6 Å². The first-order valence-corrected chi connectivity index (χ1v) is 7.44. The maximum atomic E-state index is 9.95. The van der Waals surface area contributed by atoms with Crippen molar-refractivity contribution in [3.05, 3.63) is 35.4 Å². The van der Waals surface area contributed by atoms with E-state index in [4.69, 9.17) is 5.73 Å². The van der Waals surface area contributed by atoms with Gasteiger partial charge in [0.2, 0.25) is 0 Å². The van der Waals surface area contributed by atoms with E-state index in [0.29, 0.717) is 18.4 Å². The Kier molecular flexibility index (Phi) is 4.07. The van der Waals surface area contributed by atoms with E-state index in [0.717, 1.165) is 31.6 Å². The van der Waals surface area contributed by atoms with E-state index in [2.05, 4.69) is 41.0 Å². The average Bonchev–Trinajstić information content (AvgIpc) is 3.00. The van der Waals surface area contributed by atoms with E-state index in [9.17, 15) is 5.11 Å². The molecule has 3 unspecified atom stereocenters. The number of nitrogens with two attached hydrogens (primary N) is 1. The maximum Gasteiger partial charge on any atom is 0.0583 e. The Morgan fingerprint density at radius 2 is 2.00 bits per heavy atom. The number of fused-ring (bicyclic) bond motifs is 1. The number of likely N-dealkylation sites (tertiary alicyclic amines) is 1. The van der Waals surface area contributed by atoms with E-state index in [1.165, 1.54) is 12.0 Å². The van der Waals surface area contributed by atoms with Crippen LogP contribution in [-0.2, 0) is 6.54 Å². The summed E-state index contributed by atoms with van der Waals surface area (Å²) in [5.41, 5.74) is 7.71. The van der Waals surface area contributed by atoms with E-state index in [1.54, 1.807) is 0 Å². The van der Waals surface area contributed by atoms with Gasteiger partial charge < -0.3 is 10.8 Å². The molecule has 3 heteroatoms. The lowest BCUT2D eigenvalue weighted by atomic mass is 10.00. The molecule has 20 heavy (non-hydrogen) atoms. The molecule has 0 aromatic heterocycles. The van der Waals surface area contributed by atoms with Gasteiger partial charge in [-0.3, -0.25) is 4.90 Å². The summed E-state index contributed by atoms with van der Waals surface area (Å²) in [6, 6.07) is 8.41. The third-order valence-corrected chi connectivity index (χ3v) is 4.59. The van der Waals surface area contributed by atoms with Gasteiger partial charge >= 0.3 is 0 Å². The first kappa shape index (κ1) is 13.6. The van der Waals surface area contributed by atoms with Crippen LogP contribution in [0.3, 0.4) is 0 Å². The standard InChI is InChI=1S/C17H22N2O/c18-9-1-2-13-3-5-14(6-4-13)10-19-11-15-7-8-17(20)16(15)12-19/h3-6,15-17,20H,7-12,18H2. The molecule has 3 atom stereocenters. The van der Waals surface area contributed by atoms with Crippen LogP contribution in [0, 0.1) is 23.7 Å². The van der Waals surface area contributed by atoms with E-state index in [1.807, 2.05) is 0 Å². The van der Waals surface area contributed by atoms with Crippen molar-refractivity contribution >= 4 is 0 Å². The number of rotatable bonds is 2. The van der Waals surface area contributed by atoms with E-state index >= 15 is 0 Å². The van der Waals surface area contributed by atoms with Gasteiger partial charge in [0.15, 0.2) is 0 Å². The Balaban J connectivity index is 1.59. The normalized spacial score (nSPS) is 29.0. The van der Waals surface area contributed by atoms with Gasteiger partial charge in [-0.05, 0) is 36.5 Å². The Hall–Kier alpha value is -1.34. The summed E-state index contributed by atoms with van der Waals surface area (Å²) < 4.78 is 0. The predicted molar refractivity (Wildman–Crippen MR) is 79.9 cm³/mol. The minimum absolute atomic E-state index is 0.0705. The van der Waals surface area contributed by atoms with Crippen molar-refractivity contribution in [1.29, 1.82) is 0 Å². The fourth-order valence-corrected chi connectivity index (χ4v) is 3.56. The lowest BCUT2D eigenvalue weighted by Crippen LogP contribution is -2.24. The van der Waals surface area contributed by atoms with Gasteiger partial charge in [-0.1, -0.05) is 24.0 Å². The third kappa shape index (κ3) is 2.88. The first-order chi connectivity index (χ1) is 9.76. The minimum Gasteiger partial charge on any atom is -0.393 e. The van der Waals surface area contributed by atoms with Crippen LogP contribution in [0.2, 0.25) is 0 Å². The highest BCUT2D eigenvalue weighted by molar-refractivity contribution is 5.36. The van der Waals surface area contributed by atoms with Gasteiger partial charge in [-0.15, -0.1) is 0 Å². The molecule has 3 rings (SSSR count). The summed E-state index contributed by atoms with van der Waals surface area (Å²) in [5, 5.41) is 9.95. The molecular weight excluding hydrogens is 248 g/mol. The summed E-state index contributed by atoms with van der Waals surface area (Å²) in [6.45, 7) is 3.56. The van der Waals surface area contributed by atoms with Crippen LogP contribution in [0.5, 0.6) is 0 Å². The molecule has 1 aliphatic heterocycles. The lowest BCUT2D eigenvalue weighted by molar-refractivity contribution is 0.123. The SMILES string of the molecule is NCC#Cc1ccc(CN2CC3CCC(O)C3C2)cc1. The summed E-state index contributed by atoms with van der Waals surface area (Å²) in [5.74, 6) is 7.12. The van der Waals surface area contributed by atoms with Crippen molar-refractivity contribution in [1.82, 2.24) is 4.90 Å². The maximum absolute atomic E-state index is 9.95. The predicted octanol–water partition coefficient (Wildman–Crippen LogP) is 1.20. The molecule has 2 aliphatic rings. The van der Waals surface area contributed by atoms with Crippen LogP contribution in [0.15, 0.2) is 24.3 Å². The highest BCUT2D eigenvalue weighted by Crippen LogP contribution is 2.38.